The smallest absolute Gasteiger partial charge is 0.235 e. The maximum atomic E-state index is 12.9. The number of hydrogen-bond donors (Lipinski definition) is 2. The third-order valence-corrected chi connectivity index (χ3v) is 6.33. The molecule has 0 fully saturated rings. The monoisotopic (exact) mass is 489 g/mol. The summed E-state index contributed by atoms with van der Waals surface area (Å²) in [4.78, 5) is 24.3. The van der Waals surface area contributed by atoms with Crippen molar-refractivity contribution in [2.24, 2.45) is 0 Å². The number of nitrogens with one attached hydrogen (secondary N) is 2. The molecule has 0 unspecified atom stereocenters. The Morgan fingerprint density at radius 2 is 2.03 bits per heavy atom. The van der Waals surface area contributed by atoms with E-state index < -0.39 is 0 Å². The van der Waals surface area contributed by atoms with Gasteiger partial charge in [0.15, 0.2) is 5.16 Å². The van der Waals surface area contributed by atoms with Crippen molar-refractivity contribution in [2.75, 3.05) is 16.4 Å². The van der Waals surface area contributed by atoms with Crippen LogP contribution in [0.25, 0.3) is 5.69 Å². The maximum Gasteiger partial charge on any atom is 0.235 e. The Hall–Kier alpha value is -4.30. The quantitative estimate of drug-likeness (QED) is 0.359. The predicted octanol–water partition coefficient (Wildman–Crippen LogP) is 3.89. The van der Waals surface area contributed by atoms with Crippen molar-refractivity contribution in [1.29, 1.82) is 5.26 Å². The third-order valence-electron chi connectivity index (χ3n) is 5.39. The molecule has 0 atom stereocenters. The minimum absolute atomic E-state index is 0.0545. The molecule has 0 spiro atoms. The number of carbonyl (C=O) groups is 2. The van der Waals surface area contributed by atoms with Gasteiger partial charge in [0, 0.05) is 18.3 Å². The maximum absolute atomic E-state index is 12.9. The molecule has 0 aliphatic heterocycles. The predicted molar refractivity (Wildman–Crippen MR) is 131 cm³/mol. The Morgan fingerprint density at radius 1 is 1.20 bits per heavy atom. The lowest BCUT2D eigenvalue weighted by Crippen LogP contribution is -2.18. The van der Waals surface area contributed by atoms with Crippen LogP contribution >= 0.6 is 11.8 Å². The highest BCUT2D eigenvalue weighted by atomic mass is 32.2. The van der Waals surface area contributed by atoms with Crippen LogP contribution in [0.3, 0.4) is 0 Å². The van der Waals surface area contributed by atoms with Gasteiger partial charge in [-0.2, -0.15) is 5.26 Å². The van der Waals surface area contributed by atoms with Crippen molar-refractivity contribution in [1.82, 2.24) is 19.3 Å². The highest BCUT2D eigenvalue weighted by Gasteiger charge is 2.21. The number of furan rings is 1. The number of anilines is 2. The molecule has 35 heavy (non-hydrogen) atoms. The first-order valence-electron chi connectivity index (χ1n) is 10.7. The molecule has 178 valence electrons. The van der Waals surface area contributed by atoms with Crippen LogP contribution in [0.2, 0.25) is 0 Å². The third kappa shape index (κ3) is 5.28. The normalized spacial score (nSPS) is 10.7. The van der Waals surface area contributed by atoms with Crippen molar-refractivity contribution in [2.45, 2.75) is 32.5 Å². The number of amides is 2. The molecule has 2 N–H and O–H groups in total. The Balaban J connectivity index is 1.50. The molecule has 3 heterocycles. The number of thioether (sulfide) groups is 1. The highest BCUT2D eigenvalue weighted by Crippen LogP contribution is 2.28. The van der Waals surface area contributed by atoms with Crippen LogP contribution in [0.4, 0.5) is 11.5 Å². The molecular weight excluding hydrogens is 466 g/mol. The zero-order chi connectivity index (χ0) is 24.9. The zero-order valence-corrected chi connectivity index (χ0v) is 20.2. The van der Waals surface area contributed by atoms with Crippen LogP contribution in [0.15, 0.2) is 58.6 Å². The van der Waals surface area contributed by atoms with Crippen LogP contribution in [0.1, 0.15) is 29.5 Å². The van der Waals surface area contributed by atoms with Gasteiger partial charge < -0.3 is 19.6 Å². The van der Waals surface area contributed by atoms with Crippen LogP contribution in [0, 0.1) is 25.2 Å². The van der Waals surface area contributed by atoms with E-state index in [1.54, 1.807) is 35.4 Å². The summed E-state index contributed by atoms with van der Waals surface area (Å²) in [5.41, 5.74) is 3.49. The first-order chi connectivity index (χ1) is 16.9. The van der Waals surface area contributed by atoms with Gasteiger partial charge in [0.2, 0.25) is 11.8 Å². The van der Waals surface area contributed by atoms with Crippen molar-refractivity contribution in [3.63, 3.8) is 0 Å². The summed E-state index contributed by atoms with van der Waals surface area (Å²) in [6, 6.07) is 13.1. The van der Waals surface area contributed by atoms with Crippen molar-refractivity contribution >= 4 is 35.1 Å². The summed E-state index contributed by atoms with van der Waals surface area (Å²) in [6.07, 6.45) is 3.13. The summed E-state index contributed by atoms with van der Waals surface area (Å²) < 4.78 is 9.06. The Kier molecular flexibility index (Phi) is 7.03. The minimum atomic E-state index is -0.286. The number of aromatic nitrogens is 4. The number of nitrogens with zero attached hydrogens (tertiary/aromatic N) is 5. The summed E-state index contributed by atoms with van der Waals surface area (Å²) in [6.45, 7) is 5.59. The average molecular weight is 490 g/mol. The van der Waals surface area contributed by atoms with Crippen LogP contribution in [-0.4, -0.2) is 36.9 Å². The molecule has 0 bridgehead atoms. The van der Waals surface area contributed by atoms with Crippen molar-refractivity contribution in [3.8, 4) is 11.8 Å². The lowest BCUT2D eigenvalue weighted by molar-refractivity contribution is -0.114. The van der Waals surface area contributed by atoms with E-state index in [0.29, 0.717) is 34.5 Å². The van der Waals surface area contributed by atoms with Crippen molar-refractivity contribution < 1.29 is 14.0 Å². The van der Waals surface area contributed by atoms with E-state index in [2.05, 4.69) is 26.9 Å². The number of hydrogen-bond acceptors (Lipinski definition) is 7. The average Bonchev–Trinajstić information content (AvgIpc) is 3.56. The molecule has 0 saturated carbocycles. The lowest BCUT2D eigenvalue weighted by Gasteiger charge is -2.12. The summed E-state index contributed by atoms with van der Waals surface area (Å²) in [5.74, 6) is 0.752. The van der Waals surface area contributed by atoms with E-state index >= 15 is 0 Å². The summed E-state index contributed by atoms with van der Waals surface area (Å²) in [7, 11) is 0. The fraction of sp³-hybridized carbons (Fsp3) is 0.208. The largest absolute Gasteiger partial charge is 0.467 e. The van der Waals surface area contributed by atoms with Gasteiger partial charge >= 0.3 is 0 Å². The minimum Gasteiger partial charge on any atom is -0.467 e. The fourth-order valence-electron chi connectivity index (χ4n) is 3.62. The standard InChI is InChI=1S/C24H23N7O3S/c1-15-16(2)30(12-20-8-5-9-34-20)23(21(15)11-25)28-22(33)13-35-24-29-26-14-31(24)19-7-4-6-18(10-19)27-17(3)32/h4-10,14H,12-13H2,1-3H3,(H,27,32)(H,28,33). The molecule has 10 nitrogen and oxygen atoms in total. The molecule has 4 rings (SSSR count). The van der Waals surface area contributed by atoms with Gasteiger partial charge in [0.25, 0.3) is 0 Å². The summed E-state index contributed by atoms with van der Waals surface area (Å²) >= 11 is 1.21. The van der Waals surface area contributed by atoms with E-state index in [1.165, 1.54) is 18.7 Å². The number of carbonyl (C=O) groups excluding carboxylic acids is 2. The second-order valence-electron chi connectivity index (χ2n) is 7.76. The van der Waals surface area contributed by atoms with Gasteiger partial charge in [0.1, 0.15) is 24.0 Å². The summed E-state index contributed by atoms with van der Waals surface area (Å²) in [5, 5.41) is 23.9. The molecule has 11 heteroatoms. The second-order valence-corrected chi connectivity index (χ2v) is 8.71. The van der Waals surface area contributed by atoms with Gasteiger partial charge in [-0.25, -0.2) is 0 Å². The Labute approximate surface area is 206 Å². The molecule has 1 aromatic carbocycles. The molecule has 4 aromatic rings. The van der Waals surface area contributed by atoms with Gasteiger partial charge in [-0.15, -0.1) is 10.2 Å². The Morgan fingerprint density at radius 3 is 2.74 bits per heavy atom. The van der Waals surface area contributed by atoms with Crippen LogP contribution < -0.4 is 10.6 Å². The van der Waals surface area contributed by atoms with Crippen molar-refractivity contribution in [3.05, 3.63) is 71.6 Å². The van der Waals surface area contributed by atoms with Gasteiger partial charge in [0.05, 0.1) is 29.8 Å². The molecule has 0 saturated heterocycles. The molecule has 2 amide bonds. The Bertz CT molecular complexity index is 1410. The zero-order valence-electron chi connectivity index (χ0n) is 19.4. The lowest BCUT2D eigenvalue weighted by atomic mass is 10.2. The number of benzene rings is 1. The topological polar surface area (TPSA) is 131 Å². The molecule has 0 aliphatic rings. The first-order valence-corrected chi connectivity index (χ1v) is 11.7. The van der Waals surface area contributed by atoms with Gasteiger partial charge in [-0.3, -0.25) is 14.2 Å². The van der Waals surface area contributed by atoms with Crippen LogP contribution in [-0.2, 0) is 16.1 Å². The van der Waals surface area contributed by atoms with Gasteiger partial charge in [-0.1, -0.05) is 17.8 Å². The molecule has 0 aliphatic carbocycles. The second kappa shape index (κ2) is 10.3. The van der Waals surface area contributed by atoms with E-state index in [0.717, 1.165) is 16.9 Å². The van der Waals surface area contributed by atoms with E-state index in [1.807, 2.05) is 36.6 Å². The number of nitriles is 1. The van der Waals surface area contributed by atoms with Gasteiger partial charge in [-0.05, 0) is 49.7 Å². The van der Waals surface area contributed by atoms with E-state index in [4.69, 9.17) is 4.42 Å². The van der Waals surface area contributed by atoms with E-state index in [9.17, 15) is 14.9 Å². The van der Waals surface area contributed by atoms with E-state index in [-0.39, 0.29) is 17.6 Å². The molecular formula is C24H23N7O3S. The molecule has 0 radical (unpaired) electrons. The molecule has 3 aromatic heterocycles. The first kappa shape index (κ1) is 23.8. The van der Waals surface area contributed by atoms with Crippen LogP contribution in [0.5, 0.6) is 0 Å². The fourth-order valence-corrected chi connectivity index (χ4v) is 4.35. The number of rotatable bonds is 8. The SMILES string of the molecule is CC(=O)Nc1cccc(-n2cnnc2SCC(=O)Nc2c(C#N)c(C)c(C)n2Cc2ccco2)c1. The highest BCUT2D eigenvalue weighted by molar-refractivity contribution is 7.99.